The second-order valence-electron chi connectivity index (χ2n) is 6.70. The predicted octanol–water partition coefficient (Wildman–Crippen LogP) is 2.47. The molecule has 0 bridgehead atoms. The van der Waals surface area contributed by atoms with Crippen LogP contribution < -0.4 is 10.6 Å². The summed E-state index contributed by atoms with van der Waals surface area (Å²) in [6, 6.07) is 0. The largest absolute Gasteiger partial charge is 0.444 e. The highest BCUT2D eigenvalue weighted by molar-refractivity contribution is 5.79. The van der Waals surface area contributed by atoms with Gasteiger partial charge in [0.2, 0.25) is 5.89 Å². The molecule has 1 fully saturated rings. The van der Waals surface area contributed by atoms with Gasteiger partial charge >= 0.3 is 0 Å². The molecule has 1 aliphatic rings. The zero-order valence-corrected chi connectivity index (χ0v) is 15.7. The Hall–Kier alpha value is -1.56. The molecule has 0 radical (unpaired) electrons. The van der Waals surface area contributed by atoms with Crippen molar-refractivity contribution in [3.05, 3.63) is 17.3 Å². The van der Waals surface area contributed by atoms with Gasteiger partial charge in [-0.1, -0.05) is 13.3 Å². The third-order valence-corrected chi connectivity index (χ3v) is 4.74. The molecular formula is C18H33N5O. The maximum atomic E-state index is 5.69. The van der Waals surface area contributed by atoms with Gasteiger partial charge in [0.15, 0.2) is 5.96 Å². The third-order valence-electron chi connectivity index (χ3n) is 4.74. The summed E-state index contributed by atoms with van der Waals surface area (Å²) in [5, 5.41) is 6.83. The molecule has 1 aromatic rings. The summed E-state index contributed by atoms with van der Waals surface area (Å²) in [5.41, 5.74) is 1.01. The molecule has 2 heterocycles. The predicted molar refractivity (Wildman–Crippen MR) is 98.3 cm³/mol. The van der Waals surface area contributed by atoms with Crippen LogP contribution in [0.2, 0.25) is 0 Å². The molecule has 1 aliphatic heterocycles. The number of nitrogens with zero attached hydrogens (tertiary/aromatic N) is 3. The van der Waals surface area contributed by atoms with Crippen molar-refractivity contribution in [3.8, 4) is 0 Å². The Labute approximate surface area is 146 Å². The summed E-state index contributed by atoms with van der Waals surface area (Å²) < 4.78 is 5.69. The maximum absolute atomic E-state index is 5.69. The van der Waals surface area contributed by atoms with Crippen LogP contribution in [0.15, 0.2) is 9.41 Å². The molecule has 0 aromatic carbocycles. The van der Waals surface area contributed by atoms with Crippen LogP contribution in [0.25, 0.3) is 0 Å². The van der Waals surface area contributed by atoms with E-state index in [1.54, 1.807) is 0 Å². The average molecular weight is 335 g/mol. The van der Waals surface area contributed by atoms with Gasteiger partial charge in [-0.25, -0.2) is 4.98 Å². The zero-order valence-electron chi connectivity index (χ0n) is 15.7. The number of guanidine groups is 1. The molecule has 2 rings (SSSR count). The molecule has 0 unspecified atom stereocenters. The summed E-state index contributed by atoms with van der Waals surface area (Å²) in [6.45, 7) is 11.2. The summed E-state index contributed by atoms with van der Waals surface area (Å²) in [6.07, 6.45) is 4.79. The third kappa shape index (κ3) is 5.82. The van der Waals surface area contributed by atoms with Crippen molar-refractivity contribution in [3.63, 3.8) is 0 Å². The van der Waals surface area contributed by atoms with Crippen LogP contribution in [0.5, 0.6) is 0 Å². The fraction of sp³-hybridized carbons (Fsp3) is 0.778. The number of aryl methyl sites for hydroxylation is 2. The number of oxazole rings is 1. The van der Waals surface area contributed by atoms with Crippen molar-refractivity contribution in [2.75, 3.05) is 33.2 Å². The molecule has 1 aromatic heterocycles. The zero-order chi connectivity index (χ0) is 17.4. The van der Waals surface area contributed by atoms with Crippen molar-refractivity contribution in [2.24, 2.45) is 10.9 Å². The summed E-state index contributed by atoms with van der Waals surface area (Å²) in [7, 11) is 1.84. The molecule has 2 N–H and O–H groups in total. The number of unbranched alkanes of at least 4 members (excludes halogenated alkanes) is 1. The molecule has 0 saturated carbocycles. The van der Waals surface area contributed by atoms with Crippen molar-refractivity contribution in [1.29, 1.82) is 0 Å². The second kappa shape index (κ2) is 9.67. The van der Waals surface area contributed by atoms with Crippen LogP contribution in [0.4, 0.5) is 0 Å². The van der Waals surface area contributed by atoms with Gasteiger partial charge in [0.1, 0.15) is 5.76 Å². The van der Waals surface area contributed by atoms with Gasteiger partial charge < -0.3 is 15.1 Å². The molecular weight excluding hydrogens is 302 g/mol. The molecule has 6 heteroatoms. The lowest BCUT2D eigenvalue weighted by molar-refractivity contribution is 0.164. The van der Waals surface area contributed by atoms with E-state index < -0.39 is 0 Å². The first-order chi connectivity index (χ1) is 11.6. The number of hydrogen-bond acceptors (Lipinski definition) is 4. The summed E-state index contributed by atoms with van der Waals surface area (Å²) >= 11 is 0. The van der Waals surface area contributed by atoms with Crippen molar-refractivity contribution < 1.29 is 4.42 Å². The van der Waals surface area contributed by atoms with Crippen molar-refractivity contribution >= 4 is 5.96 Å². The lowest BCUT2D eigenvalue weighted by Crippen LogP contribution is -2.43. The highest BCUT2D eigenvalue weighted by Gasteiger charge is 2.21. The van der Waals surface area contributed by atoms with Crippen molar-refractivity contribution in [2.45, 2.75) is 53.0 Å². The summed E-state index contributed by atoms with van der Waals surface area (Å²) in [4.78, 5) is 11.2. The Morgan fingerprint density at radius 3 is 2.62 bits per heavy atom. The lowest BCUT2D eigenvalue weighted by Gasteiger charge is -2.31. The van der Waals surface area contributed by atoms with Gasteiger partial charge in [0.25, 0.3) is 0 Å². The van der Waals surface area contributed by atoms with E-state index in [1.165, 1.54) is 25.7 Å². The molecule has 136 valence electrons. The highest BCUT2D eigenvalue weighted by Crippen LogP contribution is 2.19. The van der Waals surface area contributed by atoms with E-state index in [0.717, 1.165) is 56.0 Å². The Balaban J connectivity index is 1.67. The van der Waals surface area contributed by atoms with E-state index in [1.807, 2.05) is 20.9 Å². The number of piperidine rings is 1. The fourth-order valence-corrected chi connectivity index (χ4v) is 2.99. The monoisotopic (exact) mass is 335 g/mol. The van der Waals surface area contributed by atoms with E-state index in [-0.39, 0.29) is 0 Å². The standard InChI is InChI=1S/C18H33N5O/c1-5-6-9-20-18(19-4)21-12-16-7-10-23(11-8-16)13-17-22-14(2)15(3)24-17/h16H,5-13H2,1-4H3,(H2,19,20,21). The number of aliphatic imine (C=N–C) groups is 1. The lowest BCUT2D eigenvalue weighted by atomic mass is 9.97. The first-order valence-corrected chi connectivity index (χ1v) is 9.22. The Bertz CT molecular complexity index is 498. The van der Waals surface area contributed by atoms with E-state index in [0.29, 0.717) is 5.92 Å². The van der Waals surface area contributed by atoms with E-state index >= 15 is 0 Å². The molecule has 0 atom stereocenters. The summed E-state index contributed by atoms with van der Waals surface area (Å²) in [5.74, 6) is 3.42. The van der Waals surface area contributed by atoms with Crippen LogP contribution in [0.1, 0.15) is 50.0 Å². The first kappa shape index (κ1) is 18.8. The van der Waals surface area contributed by atoms with Crippen LogP contribution in [-0.2, 0) is 6.54 Å². The minimum atomic E-state index is 0.707. The van der Waals surface area contributed by atoms with E-state index in [9.17, 15) is 0 Å². The Morgan fingerprint density at radius 2 is 2.04 bits per heavy atom. The van der Waals surface area contributed by atoms with Gasteiger partial charge in [0.05, 0.1) is 12.2 Å². The van der Waals surface area contributed by atoms with Gasteiger partial charge in [-0.2, -0.15) is 0 Å². The highest BCUT2D eigenvalue weighted by atomic mass is 16.4. The smallest absolute Gasteiger partial charge is 0.208 e. The van der Waals surface area contributed by atoms with Gasteiger partial charge in [-0.05, 0) is 52.1 Å². The average Bonchev–Trinajstić information content (AvgIpc) is 2.90. The molecule has 0 aliphatic carbocycles. The van der Waals surface area contributed by atoms with Gasteiger partial charge in [0, 0.05) is 20.1 Å². The molecule has 0 spiro atoms. The van der Waals surface area contributed by atoms with Crippen LogP contribution in [0.3, 0.4) is 0 Å². The number of nitrogens with one attached hydrogen (secondary N) is 2. The molecule has 1 saturated heterocycles. The van der Waals surface area contributed by atoms with Crippen LogP contribution in [0, 0.1) is 19.8 Å². The van der Waals surface area contributed by atoms with E-state index in [4.69, 9.17) is 4.42 Å². The Kier molecular flexibility index (Phi) is 7.56. The minimum Gasteiger partial charge on any atom is -0.444 e. The fourth-order valence-electron chi connectivity index (χ4n) is 2.99. The number of likely N-dealkylation sites (tertiary alicyclic amines) is 1. The molecule has 24 heavy (non-hydrogen) atoms. The van der Waals surface area contributed by atoms with E-state index in [2.05, 4.69) is 32.4 Å². The van der Waals surface area contributed by atoms with Crippen molar-refractivity contribution in [1.82, 2.24) is 20.5 Å². The first-order valence-electron chi connectivity index (χ1n) is 9.22. The maximum Gasteiger partial charge on any atom is 0.208 e. The molecule has 6 nitrogen and oxygen atoms in total. The number of rotatable bonds is 7. The minimum absolute atomic E-state index is 0.707. The Morgan fingerprint density at radius 1 is 1.29 bits per heavy atom. The second-order valence-corrected chi connectivity index (χ2v) is 6.70. The topological polar surface area (TPSA) is 65.7 Å². The van der Waals surface area contributed by atoms with Crippen LogP contribution in [-0.4, -0.2) is 49.1 Å². The molecule has 0 amide bonds. The van der Waals surface area contributed by atoms with Crippen LogP contribution >= 0.6 is 0 Å². The number of hydrogen-bond donors (Lipinski definition) is 2. The number of aromatic nitrogens is 1. The van der Waals surface area contributed by atoms with Gasteiger partial charge in [-0.15, -0.1) is 0 Å². The van der Waals surface area contributed by atoms with Gasteiger partial charge in [-0.3, -0.25) is 9.89 Å². The normalized spacial score (nSPS) is 17.2. The SMILES string of the molecule is CCCCNC(=NC)NCC1CCN(Cc2nc(C)c(C)o2)CC1. The quantitative estimate of drug-likeness (QED) is 0.455.